The van der Waals surface area contributed by atoms with E-state index in [0.29, 0.717) is 0 Å². The van der Waals surface area contributed by atoms with Gasteiger partial charge < -0.3 is 0 Å². The minimum Gasteiger partial charge on any atom is -0.0625 e. The summed E-state index contributed by atoms with van der Waals surface area (Å²) >= 11 is 0. The first-order chi connectivity index (χ1) is 8.81. The molecule has 2 unspecified atom stereocenters. The Morgan fingerprint density at radius 3 is 1.89 bits per heavy atom. The zero-order valence-electron chi connectivity index (χ0n) is 12.4. The normalized spacial score (nSPS) is 42.5. The van der Waals surface area contributed by atoms with E-state index in [1.807, 2.05) is 0 Å². The molecule has 0 heteroatoms. The number of rotatable bonds is 3. The molecule has 3 rings (SSSR count). The Morgan fingerprint density at radius 2 is 1.28 bits per heavy atom. The van der Waals surface area contributed by atoms with Crippen molar-refractivity contribution in [2.24, 2.45) is 29.6 Å². The van der Waals surface area contributed by atoms with Crippen molar-refractivity contribution in [2.45, 2.75) is 84.0 Å². The van der Waals surface area contributed by atoms with Crippen molar-refractivity contribution in [1.29, 1.82) is 0 Å². The molecule has 0 radical (unpaired) electrons. The molecule has 0 spiro atoms. The molecule has 104 valence electrons. The van der Waals surface area contributed by atoms with Gasteiger partial charge in [0.1, 0.15) is 0 Å². The first kappa shape index (κ1) is 13.0. The van der Waals surface area contributed by atoms with Crippen LogP contribution in [0.1, 0.15) is 84.0 Å². The lowest BCUT2D eigenvalue weighted by Gasteiger charge is -2.33. The molecule has 0 saturated heterocycles. The van der Waals surface area contributed by atoms with Gasteiger partial charge >= 0.3 is 0 Å². The van der Waals surface area contributed by atoms with Gasteiger partial charge in [0.15, 0.2) is 0 Å². The van der Waals surface area contributed by atoms with E-state index in [4.69, 9.17) is 0 Å². The first-order valence-corrected chi connectivity index (χ1v) is 8.81. The van der Waals surface area contributed by atoms with Crippen LogP contribution in [0.3, 0.4) is 0 Å². The van der Waals surface area contributed by atoms with E-state index in [9.17, 15) is 0 Å². The molecule has 0 aromatic heterocycles. The van der Waals surface area contributed by atoms with E-state index in [2.05, 4.69) is 6.92 Å². The summed E-state index contributed by atoms with van der Waals surface area (Å²) in [6, 6.07) is 0. The highest BCUT2D eigenvalue weighted by Gasteiger charge is 2.31. The van der Waals surface area contributed by atoms with E-state index in [-0.39, 0.29) is 0 Å². The van der Waals surface area contributed by atoms with Crippen LogP contribution in [0.5, 0.6) is 0 Å². The second kappa shape index (κ2) is 5.97. The van der Waals surface area contributed by atoms with Crippen molar-refractivity contribution in [1.82, 2.24) is 0 Å². The van der Waals surface area contributed by atoms with Crippen molar-refractivity contribution in [3.05, 3.63) is 0 Å². The average molecular weight is 248 g/mol. The Hall–Kier alpha value is 0. The maximum atomic E-state index is 2.46. The van der Waals surface area contributed by atoms with E-state index in [1.54, 1.807) is 57.8 Å². The minimum absolute atomic E-state index is 1.03. The second-order valence-electron chi connectivity index (χ2n) is 7.85. The van der Waals surface area contributed by atoms with Gasteiger partial charge in [0.2, 0.25) is 0 Å². The summed E-state index contributed by atoms with van der Waals surface area (Å²) in [6.45, 7) is 2.46. The fourth-order valence-electron chi connectivity index (χ4n) is 5.33. The highest BCUT2D eigenvalue weighted by atomic mass is 14.4. The van der Waals surface area contributed by atoms with Crippen LogP contribution >= 0.6 is 0 Å². The SMILES string of the molecule is CC1CCC(CC2CCC(C3CCCC3)CC2)C1. The summed E-state index contributed by atoms with van der Waals surface area (Å²) in [6.07, 6.45) is 18.7. The van der Waals surface area contributed by atoms with Gasteiger partial charge in [0.05, 0.1) is 0 Å². The fraction of sp³-hybridized carbons (Fsp3) is 1.00. The Kier molecular flexibility index (Phi) is 4.31. The maximum Gasteiger partial charge on any atom is -0.0386 e. The molecule has 18 heavy (non-hydrogen) atoms. The van der Waals surface area contributed by atoms with Crippen molar-refractivity contribution >= 4 is 0 Å². The molecule has 3 saturated carbocycles. The first-order valence-electron chi connectivity index (χ1n) is 8.81. The maximum absolute atomic E-state index is 2.46. The van der Waals surface area contributed by atoms with Crippen molar-refractivity contribution < 1.29 is 0 Å². The molecule has 0 nitrogen and oxygen atoms in total. The summed E-state index contributed by atoms with van der Waals surface area (Å²) in [5, 5.41) is 0. The van der Waals surface area contributed by atoms with Gasteiger partial charge in [0, 0.05) is 0 Å². The lowest BCUT2D eigenvalue weighted by atomic mass is 9.73. The molecule has 3 aliphatic carbocycles. The Morgan fingerprint density at radius 1 is 0.667 bits per heavy atom. The van der Waals surface area contributed by atoms with Gasteiger partial charge in [-0.25, -0.2) is 0 Å². The van der Waals surface area contributed by atoms with Gasteiger partial charge in [-0.2, -0.15) is 0 Å². The predicted octanol–water partition coefficient (Wildman–Crippen LogP) is 5.81. The van der Waals surface area contributed by atoms with Crippen LogP contribution in [-0.4, -0.2) is 0 Å². The van der Waals surface area contributed by atoms with Gasteiger partial charge in [-0.05, 0) is 55.3 Å². The lowest BCUT2D eigenvalue weighted by molar-refractivity contribution is 0.185. The molecular weight excluding hydrogens is 216 g/mol. The fourth-order valence-corrected chi connectivity index (χ4v) is 5.33. The molecule has 0 bridgehead atoms. The van der Waals surface area contributed by atoms with E-state index < -0.39 is 0 Å². The second-order valence-corrected chi connectivity index (χ2v) is 7.85. The molecule has 3 fully saturated rings. The monoisotopic (exact) mass is 248 g/mol. The van der Waals surface area contributed by atoms with Crippen LogP contribution in [0.4, 0.5) is 0 Å². The van der Waals surface area contributed by atoms with E-state index >= 15 is 0 Å². The molecule has 0 aromatic rings. The minimum atomic E-state index is 1.03. The molecule has 2 atom stereocenters. The van der Waals surface area contributed by atoms with Crippen LogP contribution in [-0.2, 0) is 0 Å². The summed E-state index contributed by atoms with van der Waals surface area (Å²) in [5.41, 5.74) is 0. The van der Waals surface area contributed by atoms with Crippen LogP contribution in [0, 0.1) is 29.6 Å². The molecule has 0 aliphatic heterocycles. The van der Waals surface area contributed by atoms with E-state index in [1.165, 1.54) is 19.3 Å². The zero-order chi connectivity index (χ0) is 12.4. The summed E-state index contributed by atoms with van der Waals surface area (Å²) < 4.78 is 0. The number of hydrogen-bond acceptors (Lipinski definition) is 0. The van der Waals surface area contributed by atoms with Gasteiger partial charge in [0.25, 0.3) is 0 Å². The van der Waals surface area contributed by atoms with Gasteiger partial charge in [-0.3, -0.25) is 0 Å². The quantitative estimate of drug-likeness (QED) is 0.591. The molecule has 0 aromatic carbocycles. The smallest absolute Gasteiger partial charge is 0.0386 e. The topological polar surface area (TPSA) is 0 Å². The van der Waals surface area contributed by atoms with E-state index in [0.717, 1.165) is 29.6 Å². The summed E-state index contributed by atoms with van der Waals surface area (Å²) in [7, 11) is 0. The third kappa shape index (κ3) is 3.11. The Bertz CT molecular complexity index is 243. The van der Waals surface area contributed by atoms with Crippen LogP contribution in [0.2, 0.25) is 0 Å². The Labute approximate surface area is 114 Å². The summed E-state index contributed by atoms with van der Waals surface area (Å²) in [4.78, 5) is 0. The number of hydrogen-bond donors (Lipinski definition) is 0. The average Bonchev–Trinajstić information content (AvgIpc) is 3.02. The molecule has 3 aliphatic rings. The molecule has 0 N–H and O–H groups in total. The third-order valence-electron chi connectivity index (χ3n) is 6.43. The van der Waals surface area contributed by atoms with Gasteiger partial charge in [-0.1, -0.05) is 58.3 Å². The lowest BCUT2D eigenvalue weighted by Crippen LogP contribution is -2.21. The third-order valence-corrected chi connectivity index (χ3v) is 6.43. The van der Waals surface area contributed by atoms with Crippen molar-refractivity contribution in [3.8, 4) is 0 Å². The van der Waals surface area contributed by atoms with Crippen LogP contribution < -0.4 is 0 Å². The Balaban J connectivity index is 1.39. The van der Waals surface area contributed by atoms with Crippen molar-refractivity contribution in [3.63, 3.8) is 0 Å². The predicted molar refractivity (Wildman–Crippen MR) is 78.5 cm³/mol. The van der Waals surface area contributed by atoms with Crippen LogP contribution in [0.15, 0.2) is 0 Å². The molecular formula is C18H32. The zero-order valence-corrected chi connectivity index (χ0v) is 12.4. The molecule has 0 heterocycles. The van der Waals surface area contributed by atoms with Crippen LogP contribution in [0.25, 0.3) is 0 Å². The standard InChI is InChI=1S/C18H32/c1-14-6-7-16(12-14)13-15-8-10-18(11-9-15)17-4-2-3-5-17/h14-18H,2-13H2,1H3. The molecule has 0 amide bonds. The largest absolute Gasteiger partial charge is 0.0625 e. The van der Waals surface area contributed by atoms with Gasteiger partial charge in [-0.15, -0.1) is 0 Å². The highest BCUT2D eigenvalue weighted by molar-refractivity contribution is 4.83. The highest BCUT2D eigenvalue weighted by Crippen LogP contribution is 2.44. The van der Waals surface area contributed by atoms with Crippen molar-refractivity contribution in [2.75, 3.05) is 0 Å². The summed E-state index contributed by atoms with van der Waals surface area (Å²) in [5.74, 6) is 5.51.